The predicted molar refractivity (Wildman–Crippen MR) is 101 cm³/mol. The second kappa shape index (κ2) is 10.8. The highest BCUT2D eigenvalue weighted by atomic mass is 16.8. The minimum absolute atomic E-state index is 0.0607. The third-order valence-corrected chi connectivity index (χ3v) is 4.98. The monoisotopic (exact) mass is 464 g/mol. The Hall–Kier alpha value is -1.94. The Morgan fingerprint density at radius 2 is 1.66 bits per heavy atom. The maximum atomic E-state index is 12.2. The van der Waals surface area contributed by atoms with Crippen LogP contribution in [0.4, 0.5) is 0 Å². The van der Waals surface area contributed by atoms with E-state index < -0.39 is 86.6 Å². The quantitative estimate of drug-likeness (QED) is 0.145. The second-order valence-electron chi connectivity index (χ2n) is 7.37. The molecule has 13 nitrogen and oxygen atoms in total. The van der Waals surface area contributed by atoms with Crippen molar-refractivity contribution in [2.45, 2.75) is 61.7 Å². The lowest BCUT2D eigenvalue weighted by Crippen LogP contribution is -2.63. The number of rotatable bonds is 9. The largest absolute Gasteiger partial charge is 0.457 e. The molecule has 2 heterocycles. The van der Waals surface area contributed by atoms with E-state index in [1.807, 2.05) is 0 Å². The first-order valence-electron chi connectivity index (χ1n) is 9.62. The van der Waals surface area contributed by atoms with Gasteiger partial charge in [0.15, 0.2) is 12.4 Å². The lowest BCUT2D eigenvalue weighted by molar-refractivity contribution is -0.383. The predicted octanol–water partition coefficient (Wildman–Crippen LogP) is -3.53. The number of carbonyl (C=O) groups excluding carboxylic acids is 2. The molecule has 0 spiro atoms. The van der Waals surface area contributed by atoms with E-state index in [-0.39, 0.29) is 5.57 Å². The van der Waals surface area contributed by atoms with Gasteiger partial charge < -0.3 is 54.3 Å². The highest BCUT2D eigenvalue weighted by Gasteiger charge is 2.61. The van der Waals surface area contributed by atoms with Crippen molar-refractivity contribution in [3.63, 3.8) is 0 Å². The molecule has 0 bridgehead atoms. The molecule has 0 aromatic rings. The number of aliphatic hydroxyl groups is 6. The number of carbonyl (C=O) groups is 2. The Morgan fingerprint density at radius 1 is 1.03 bits per heavy atom. The molecule has 6 N–H and O–H groups in total. The molecule has 0 radical (unpaired) electrons. The molecular formula is C19H28O13. The van der Waals surface area contributed by atoms with E-state index in [4.69, 9.17) is 23.7 Å². The first-order valence-corrected chi connectivity index (χ1v) is 9.62. The molecule has 0 aliphatic carbocycles. The second-order valence-corrected chi connectivity index (χ2v) is 7.37. The summed E-state index contributed by atoms with van der Waals surface area (Å²) in [7, 11) is 0. The molecule has 0 aromatic heterocycles. The normalized spacial score (nSPS) is 39.3. The van der Waals surface area contributed by atoms with Crippen LogP contribution in [0.15, 0.2) is 24.8 Å². The first-order chi connectivity index (χ1) is 15.0. The van der Waals surface area contributed by atoms with Crippen LogP contribution < -0.4 is 0 Å². The molecule has 32 heavy (non-hydrogen) atoms. The number of esters is 2. The van der Waals surface area contributed by atoms with Crippen LogP contribution in [-0.2, 0) is 33.3 Å². The van der Waals surface area contributed by atoms with Crippen molar-refractivity contribution >= 4 is 11.9 Å². The van der Waals surface area contributed by atoms with Crippen molar-refractivity contribution in [3.8, 4) is 0 Å². The molecule has 2 fully saturated rings. The summed E-state index contributed by atoms with van der Waals surface area (Å²) in [5.41, 5.74) is -0.0607. The molecule has 2 saturated heterocycles. The van der Waals surface area contributed by atoms with Gasteiger partial charge in [0.1, 0.15) is 43.2 Å². The third-order valence-electron chi connectivity index (χ3n) is 4.98. The summed E-state index contributed by atoms with van der Waals surface area (Å²) in [4.78, 5) is 23.8. The Balaban J connectivity index is 2.43. The van der Waals surface area contributed by atoms with E-state index in [1.54, 1.807) is 0 Å². The van der Waals surface area contributed by atoms with Gasteiger partial charge in [-0.3, -0.25) is 0 Å². The van der Waals surface area contributed by atoms with Gasteiger partial charge in [0.05, 0.1) is 13.2 Å². The fourth-order valence-electron chi connectivity index (χ4n) is 3.21. The lowest BCUT2D eigenvalue weighted by Gasteiger charge is -2.43. The Morgan fingerprint density at radius 3 is 2.19 bits per heavy atom. The minimum Gasteiger partial charge on any atom is -0.457 e. The van der Waals surface area contributed by atoms with Gasteiger partial charge in [-0.05, 0) is 6.92 Å². The van der Waals surface area contributed by atoms with Crippen molar-refractivity contribution in [2.24, 2.45) is 0 Å². The zero-order valence-corrected chi connectivity index (χ0v) is 17.3. The standard InChI is InChI=1S/C19H28O13/c1-4-11(22)28-7-19(32-18-15(26)14(25)12(23)9(5-20)29-18)16(30-17(27)8(2)3)13(24)10(6-21)31-19/h4,9-10,12-16,18,20-21,23-26H,1-2,5-7H2,3H3/t9-,10-,12-,13-,14+,15-,16+,18-,19+/m1/s1. The number of aliphatic hydroxyl groups excluding tert-OH is 6. The number of hydrogen-bond acceptors (Lipinski definition) is 13. The van der Waals surface area contributed by atoms with E-state index in [9.17, 15) is 40.2 Å². The maximum absolute atomic E-state index is 12.2. The van der Waals surface area contributed by atoms with Crippen molar-refractivity contribution < 1.29 is 63.9 Å². The van der Waals surface area contributed by atoms with Crippen LogP contribution in [0, 0.1) is 0 Å². The molecule has 0 saturated carbocycles. The van der Waals surface area contributed by atoms with Gasteiger partial charge in [-0.1, -0.05) is 13.2 Å². The summed E-state index contributed by atoms with van der Waals surface area (Å²) in [6, 6.07) is 0. The van der Waals surface area contributed by atoms with Crippen molar-refractivity contribution in [1.82, 2.24) is 0 Å². The molecule has 9 atom stereocenters. The molecular weight excluding hydrogens is 436 g/mol. The van der Waals surface area contributed by atoms with Gasteiger partial charge in [-0.15, -0.1) is 0 Å². The van der Waals surface area contributed by atoms with Crippen LogP contribution in [0.2, 0.25) is 0 Å². The van der Waals surface area contributed by atoms with E-state index >= 15 is 0 Å². The first kappa shape index (κ1) is 26.3. The zero-order chi connectivity index (χ0) is 24.2. The van der Waals surface area contributed by atoms with E-state index in [1.165, 1.54) is 6.92 Å². The van der Waals surface area contributed by atoms with Crippen LogP contribution in [0.3, 0.4) is 0 Å². The zero-order valence-electron chi connectivity index (χ0n) is 17.3. The molecule has 2 aliphatic rings. The number of hydrogen-bond donors (Lipinski definition) is 6. The van der Waals surface area contributed by atoms with E-state index in [0.29, 0.717) is 0 Å². The SMILES string of the molecule is C=CC(=O)OC[C@@]1(O[C@H]2O[C@H](CO)[C@@H](O)[C@H](O)[C@H]2O)O[C@H](CO)[C@@H](O)[C@@H]1OC(=O)C(=C)C. The Kier molecular flexibility index (Phi) is 8.87. The summed E-state index contributed by atoms with van der Waals surface area (Å²) in [6.45, 7) is 5.62. The molecule has 182 valence electrons. The minimum atomic E-state index is -2.34. The lowest BCUT2D eigenvalue weighted by atomic mass is 9.99. The van der Waals surface area contributed by atoms with Crippen LogP contribution in [-0.4, -0.2) is 117 Å². The fraction of sp³-hybridized carbons (Fsp3) is 0.684. The average molecular weight is 464 g/mol. The third kappa shape index (κ3) is 5.33. The van der Waals surface area contributed by atoms with Gasteiger partial charge in [0, 0.05) is 11.6 Å². The van der Waals surface area contributed by atoms with Crippen molar-refractivity contribution in [2.75, 3.05) is 19.8 Å². The molecule has 0 unspecified atom stereocenters. The molecule has 2 aliphatic heterocycles. The van der Waals surface area contributed by atoms with E-state index in [2.05, 4.69) is 13.2 Å². The summed E-state index contributed by atoms with van der Waals surface area (Å²) >= 11 is 0. The maximum Gasteiger partial charge on any atom is 0.333 e. The molecule has 0 amide bonds. The highest BCUT2D eigenvalue weighted by molar-refractivity contribution is 5.87. The van der Waals surface area contributed by atoms with E-state index in [0.717, 1.165) is 6.08 Å². The van der Waals surface area contributed by atoms with Crippen LogP contribution >= 0.6 is 0 Å². The smallest absolute Gasteiger partial charge is 0.333 e. The topological polar surface area (TPSA) is 202 Å². The van der Waals surface area contributed by atoms with Crippen LogP contribution in [0.1, 0.15) is 6.92 Å². The van der Waals surface area contributed by atoms with Crippen LogP contribution in [0.25, 0.3) is 0 Å². The van der Waals surface area contributed by atoms with Crippen LogP contribution in [0.5, 0.6) is 0 Å². The van der Waals surface area contributed by atoms with Gasteiger partial charge in [-0.25, -0.2) is 9.59 Å². The highest BCUT2D eigenvalue weighted by Crippen LogP contribution is 2.38. The summed E-state index contributed by atoms with van der Waals surface area (Å²) in [5.74, 6) is -4.27. The van der Waals surface area contributed by atoms with Gasteiger partial charge >= 0.3 is 11.9 Å². The number of ether oxygens (including phenoxy) is 5. The van der Waals surface area contributed by atoms with Gasteiger partial charge in [0.25, 0.3) is 0 Å². The summed E-state index contributed by atoms with van der Waals surface area (Å²) in [5, 5.41) is 59.8. The molecule has 0 aromatic carbocycles. The van der Waals surface area contributed by atoms with Gasteiger partial charge in [0.2, 0.25) is 5.79 Å². The summed E-state index contributed by atoms with van der Waals surface area (Å²) in [6.07, 6.45) is -12.6. The average Bonchev–Trinajstić information content (AvgIpc) is 3.03. The Bertz CT molecular complexity index is 709. The molecule has 13 heteroatoms. The Labute approximate surface area is 183 Å². The van der Waals surface area contributed by atoms with Crippen molar-refractivity contribution in [3.05, 3.63) is 24.8 Å². The molecule has 2 rings (SSSR count). The fourth-order valence-corrected chi connectivity index (χ4v) is 3.21. The summed E-state index contributed by atoms with van der Waals surface area (Å²) < 4.78 is 26.6. The van der Waals surface area contributed by atoms with Crippen molar-refractivity contribution in [1.29, 1.82) is 0 Å². The van der Waals surface area contributed by atoms with Gasteiger partial charge in [-0.2, -0.15) is 0 Å².